The van der Waals surface area contributed by atoms with E-state index in [-0.39, 0.29) is 89.6 Å². The van der Waals surface area contributed by atoms with Gasteiger partial charge < -0.3 is 125 Å². The van der Waals surface area contributed by atoms with Crippen LogP contribution in [0.15, 0.2) is 104 Å². The number of likely N-dealkylation sites (N-methyl/N-ethyl adjacent to an activating group) is 4. The second-order valence-electron chi connectivity index (χ2n) is 34.0. The van der Waals surface area contributed by atoms with Gasteiger partial charge in [-0.15, -0.1) is 11.8 Å². The maximum absolute atomic E-state index is 15.7. The van der Waals surface area contributed by atoms with Gasteiger partial charge in [0.2, 0.25) is 100 Å². The van der Waals surface area contributed by atoms with E-state index < -0.39 is 229 Å². The summed E-state index contributed by atoms with van der Waals surface area (Å²) in [5, 5.41) is 60.4. The first kappa shape index (κ1) is 106. The van der Waals surface area contributed by atoms with Crippen LogP contribution in [0.2, 0.25) is 0 Å². The lowest BCUT2D eigenvalue weighted by Gasteiger charge is -2.36. The van der Waals surface area contributed by atoms with Crippen LogP contribution in [0.1, 0.15) is 134 Å². The van der Waals surface area contributed by atoms with E-state index in [1.54, 1.807) is 105 Å². The molecule has 2 fully saturated rings. The summed E-state index contributed by atoms with van der Waals surface area (Å²) in [7, 11) is 5.11. The highest BCUT2D eigenvalue weighted by atomic mass is 32.2. The molecule has 17 amide bonds. The van der Waals surface area contributed by atoms with E-state index in [9.17, 15) is 53.4 Å². The number of nitrogens with one attached hydrogen (secondary N) is 15. The molecule has 2 saturated heterocycles. The van der Waals surface area contributed by atoms with Crippen molar-refractivity contribution >= 4 is 140 Å². The molecule has 23 N–H and O–H groups in total. The molecule has 728 valence electrons. The third kappa shape index (κ3) is 30.0. The summed E-state index contributed by atoms with van der Waals surface area (Å²) in [5.41, 5.74) is 19.9. The van der Waals surface area contributed by atoms with Crippen molar-refractivity contribution in [1.82, 2.24) is 103 Å². The predicted molar refractivity (Wildman–Crippen MR) is 496 cm³/mol. The third-order valence-electron chi connectivity index (χ3n) is 23.7. The number of carbonyl (C=O) groups is 17. The van der Waals surface area contributed by atoms with Crippen LogP contribution in [0.5, 0.6) is 0 Å². The predicted octanol–water partition coefficient (Wildman–Crippen LogP) is -2.78. The molecule has 2 aliphatic heterocycles. The SMILES string of the molecule is CCCC[C@H]1C(=O)N(C)[C@@H](CCCC)C(=O)N[C@@H](CCCNC(=N)N)C(=O)N[C@H](C(=O)NCC(N)=O)CSCC(=O)N[C@@H](Cc2ccccc2)C(=O)N(C)[C@@H](C)C(=O)N[C@@H](CC(N)=O)C(=O)N2CCC[C@H]2C(=O)N[C@@H](Cc2cnc[nH]2)C(=O)N[C@@H](CC(C)C)C(=O)N(C)[C@@H](CO)C(=O)N[C@@H](Cc2c[nH]c3ccccc23)C(=O)N[C@@H](CO)C(=O)N[C@@H](Cc2c[nH]c3ccccc23)C(=O)N1C. The van der Waals surface area contributed by atoms with Gasteiger partial charge in [-0.05, 0) is 86.6 Å². The minimum atomic E-state index is -1.91. The average Bonchev–Trinajstić information content (AvgIpc) is 1.66. The molecule has 0 unspecified atom stereocenters. The Labute approximate surface area is 780 Å². The van der Waals surface area contributed by atoms with Gasteiger partial charge in [0.1, 0.15) is 84.6 Å². The second kappa shape index (κ2) is 51.5. The topological polar surface area (TPSA) is 641 Å². The fraction of sp³-hybridized carbons (Fsp3) is 0.522. The number of guanidine groups is 1. The van der Waals surface area contributed by atoms with E-state index >= 15 is 38.4 Å². The van der Waals surface area contributed by atoms with Crippen molar-refractivity contribution in [2.45, 2.75) is 222 Å². The highest BCUT2D eigenvalue weighted by Crippen LogP contribution is 2.26. The van der Waals surface area contributed by atoms with Gasteiger partial charge >= 0.3 is 0 Å². The van der Waals surface area contributed by atoms with Crippen LogP contribution in [-0.2, 0) is 107 Å². The van der Waals surface area contributed by atoms with Crippen molar-refractivity contribution in [2.24, 2.45) is 23.1 Å². The minimum Gasteiger partial charge on any atom is -0.394 e. The van der Waals surface area contributed by atoms with Crippen LogP contribution in [0.4, 0.5) is 0 Å². The van der Waals surface area contributed by atoms with Crippen LogP contribution in [-0.4, -0.2) is 318 Å². The molecule has 43 nitrogen and oxygen atoms in total. The summed E-state index contributed by atoms with van der Waals surface area (Å²) in [6, 6.07) is 0.368. The molecule has 14 atom stereocenters. The fourth-order valence-corrected chi connectivity index (χ4v) is 16.9. The number of aromatic nitrogens is 4. The Bertz CT molecular complexity index is 5110. The zero-order chi connectivity index (χ0) is 98.2. The maximum atomic E-state index is 15.7. The lowest BCUT2D eigenvalue weighted by Crippen LogP contribution is -2.62. The number of H-pyrrole nitrogens is 3. The molecule has 8 rings (SSSR count). The molecule has 134 heavy (non-hydrogen) atoms. The van der Waals surface area contributed by atoms with Gasteiger partial charge in [0.05, 0.1) is 38.3 Å². The first-order chi connectivity index (χ1) is 63.9. The molecular weight excluding hydrogens is 1750 g/mol. The number of imidazole rings is 1. The first-order valence-electron chi connectivity index (χ1n) is 44.8. The number of nitrogens with two attached hydrogens (primary N) is 3. The smallest absolute Gasteiger partial charge is 0.246 e. The van der Waals surface area contributed by atoms with Crippen molar-refractivity contribution in [3.05, 3.63) is 126 Å². The summed E-state index contributed by atoms with van der Waals surface area (Å²) in [6.45, 7) is 5.41. The Morgan fingerprint density at radius 2 is 1.03 bits per heavy atom. The van der Waals surface area contributed by atoms with Gasteiger partial charge in [-0.2, -0.15) is 0 Å². The normalized spacial score (nSPS) is 23.9. The van der Waals surface area contributed by atoms with Gasteiger partial charge in [-0.25, -0.2) is 4.98 Å². The molecule has 0 aliphatic carbocycles. The zero-order valence-electron chi connectivity index (χ0n) is 76.9. The Hall–Kier alpha value is -13.5. The molecule has 3 aromatic heterocycles. The van der Waals surface area contributed by atoms with Crippen molar-refractivity contribution in [2.75, 3.05) is 72.5 Å². The first-order valence-corrected chi connectivity index (χ1v) is 46.0. The van der Waals surface area contributed by atoms with Gasteiger partial charge in [0.25, 0.3) is 0 Å². The molecule has 0 saturated carbocycles. The quantitative estimate of drug-likeness (QED) is 0.0141. The molecule has 6 aromatic rings. The van der Waals surface area contributed by atoms with Crippen molar-refractivity contribution in [1.29, 1.82) is 5.41 Å². The highest BCUT2D eigenvalue weighted by molar-refractivity contribution is 8.00. The van der Waals surface area contributed by atoms with Crippen LogP contribution in [0, 0.1) is 11.3 Å². The number of aliphatic hydroxyl groups excluding tert-OH is 2. The Morgan fingerprint density at radius 1 is 0.515 bits per heavy atom. The number of hydrogen-bond acceptors (Lipinski definition) is 22. The summed E-state index contributed by atoms with van der Waals surface area (Å²) in [5.74, 6) is -17.9. The van der Waals surface area contributed by atoms with Gasteiger partial charge in [-0.1, -0.05) is 120 Å². The van der Waals surface area contributed by atoms with E-state index in [2.05, 4.69) is 78.4 Å². The number of benzene rings is 3. The van der Waals surface area contributed by atoms with Crippen LogP contribution in [0.25, 0.3) is 21.8 Å². The Kier molecular flexibility index (Phi) is 40.7. The zero-order valence-corrected chi connectivity index (χ0v) is 77.7. The van der Waals surface area contributed by atoms with E-state index in [1.165, 1.54) is 47.6 Å². The molecule has 0 bridgehead atoms. The minimum absolute atomic E-state index is 0.00602. The lowest BCUT2D eigenvalue weighted by molar-refractivity contribution is -0.149. The molecule has 0 radical (unpaired) electrons. The molecule has 3 aromatic carbocycles. The van der Waals surface area contributed by atoms with Crippen LogP contribution in [0.3, 0.4) is 0 Å². The number of thioether (sulfide) groups is 1. The molecule has 0 spiro atoms. The standard InChI is InChI=1S/C90H128N24O19S/c1-10-12-30-69-82(126)102-60(29-21-33-96-90(93)94)78(122)109-68(77(121)99-44-74(92)118)47-134-48-75(119)101-64(36-52-23-15-14-16-24-52)85(129)110(6)51(5)76(120)105-66(40-73(91)117)88(132)114-34-22-32-70(114)83(127)104-62(39-55-43-95-49-100-55)80(124)106-63(35-50(3)4)86(130)113(9)72(46-116)84(128)103-61(37-53-41-97-58-27-19-17-25-56(53)58)79(123)108-67(45-115)81(125)107-65(38-54-42-98-59-28-20-18-26-57(54)59)87(131)112(8)71(31-13-11-2)89(133)111(69)7/h14-20,23-28,41-43,49-51,60-72,97-98,115-116H,10-13,21-22,29-40,44-48H2,1-9H3,(H2,91,117)(H2,92,118)(H,95,100)(H,99,121)(H,101,119)(H,102,126)(H,103,128)(H,104,127)(H,105,120)(H,106,124)(H,107,125)(H,108,123)(H,109,122)(H4,93,94,96)/t51-,60-,61-,62-,63-,64-,65-,66-,67-,68-,69-,70-,71-,72-/m0/s1. The van der Waals surface area contributed by atoms with E-state index in [0.717, 1.165) is 36.3 Å². The molecular formula is C90H128N24O19S. The van der Waals surface area contributed by atoms with E-state index in [4.69, 9.17) is 22.6 Å². The number of primary amides is 2. The Morgan fingerprint density at radius 3 is 1.62 bits per heavy atom. The number of amides is 17. The number of unbranched alkanes of at least 4 members (excludes halogenated alkanes) is 2. The average molecular weight is 1880 g/mol. The third-order valence-corrected chi connectivity index (χ3v) is 24.7. The number of aliphatic hydroxyl groups is 2. The summed E-state index contributed by atoms with van der Waals surface area (Å²) >= 11 is 0.789. The molecule has 44 heteroatoms. The summed E-state index contributed by atoms with van der Waals surface area (Å²) in [6.07, 6.45) is 5.51. The van der Waals surface area contributed by atoms with Gasteiger partial charge in [0, 0.05) is 119 Å². The molecule has 2 aliphatic rings. The number of fused-ring (bicyclic) bond motifs is 3. The summed E-state index contributed by atoms with van der Waals surface area (Å²) in [4.78, 5) is 268. The number of aromatic amines is 3. The van der Waals surface area contributed by atoms with Gasteiger partial charge in [0.15, 0.2) is 5.96 Å². The number of rotatable bonds is 27. The van der Waals surface area contributed by atoms with E-state index in [1.807, 2.05) is 13.8 Å². The summed E-state index contributed by atoms with van der Waals surface area (Å²) < 4.78 is 0. The van der Waals surface area contributed by atoms with E-state index in [0.29, 0.717) is 69.9 Å². The lowest BCUT2D eigenvalue weighted by atomic mass is 10.00. The maximum Gasteiger partial charge on any atom is 0.246 e. The second-order valence-corrected chi connectivity index (χ2v) is 35.1. The fourth-order valence-electron chi connectivity index (χ4n) is 16.0. The largest absolute Gasteiger partial charge is 0.394 e. The van der Waals surface area contributed by atoms with Crippen molar-refractivity contribution in [3.8, 4) is 0 Å². The number of carbonyl (C=O) groups excluding carboxylic acids is 17. The monoisotopic (exact) mass is 1880 g/mol. The number of hydrogen-bond donors (Lipinski definition) is 20. The molecule has 5 heterocycles. The van der Waals surface area contributed by atoms with Crippen molar-refractivity contribution < 1.29 is 91.7 Å². The number of nitrogens with zero attached hydrogens (tertiary/aromatic N) is 6. The van der Waals surface area contributed by atoms with Crippen LogP contribution >= 0.6 is 11.8 Å². The van der Waals surface area contributed by atoms with Crippen molar-refractivity contribution in [3.63, 3.8) is 0 Å². The number of para-hydroxylation sites is 2. The van der Waals surface area contributed by atoms with Crippen LogP contribution < -0.4 is 75.7 Å². The van der Waals surface area contributed by atoms with Gasteiger partial charge in [-0.3, -0.25) is 86.9 Å². The Balaban J connectivity index is 1.20. The highest BCUT2D eigenvalue weighted by Gasteiger charge is 2.45.